The van der Waals surface area contributed by atoms with Gasteiger partial charge >= 0.3 is 0 Å². The number of methoxy groups -OCH3 is 1. The van der Waals surface area contributed by atoms with E-state index in [1.165, 1.54) is 25.3 Å². The van der Waals surface area contributed by atoms with Crippen molar-refractivity contribution < 1.29 is 27.4 Å². The van der Waals surface area contributed by atoms with Gasteiger partial charge in [0.05, 0.1) is 23.3 Å². The van der Waals surface area contributed by atoms with Crippen LogP contribution in [0.3, 0.4) is 0 Å². The summed E-state index contributed by atoms with van der Waals surface area (Å²) in [6.45, 7) is 2.18. The lowest BCUT2D eigenvalue weighted by atomic mass is 10.1. The number of fused-ring (bicyclic) bond motifs is 1. The Hall–Kier alpha value is -2.94. The number of carbonyl (C=O) groups excluding carboxylic acids is 1. The first-order valence-electron chi connectivity index (χ1n) is 9.38. The van der Waals surface area contributed by atoms with Crippen molar-refractivity contribution in [1.82, 2.24) is 4.90 Å². The number of nitrogens with zero attached hydrogens (tertiary/aromatic N) is 1. The Morgan fingerprint density at radius 3 is 2.48 bits per heavy atom. The smallest absolute Gasteiger partial charge is 0.261 e. The van der Waals surface area contributed by atoms with E-state index in [0.29, 0.717) is 49.2 Å². The highest BCUT2D eigenvalue weighted by Crippen LogP contribution is 2.33. The zero-order valence-corrected chi connectivity index (χ0v) is 16.8. The summed E-state index contributed by atoms with van der Waals surface area (Å²) >= 11 is 0. The lowest BCUT2D eigenvalue weighted by Crippen LogP contribution is -2.28. The zero-order valence-electron chi connectivity index (χ0n) is 16.0. The van der Waals surface area contributed by atoms with Crippen molar-refractivity contribution in [3.8, 4) is 17.2 Å². The molecule has 0 atom stereocenters. The fourth-order valence-electron chi connectivity index (χ4n) is 3.43. The van der Waals surface area contributed by atoms with E-state index in [1.807, 2.05) is 0 Å². The Morgan fingerprint density at radius 2 is 1.76 bits per heavy atom. The predicted octanol–water partition coefficient (Wildman–Crippen LogP) is 2.50. The lowest BCUT2D eigenvalue weighted by molar-refractivity contribution is 0.0789. The maximum atomic E-state index is 12.9. The Labute approximate surface area is 169 Å². The van der Waals surface area contributed by atoms with E-state index in [-0.39, 0.29) is 16.4 Å². The van der Waals surface area contributed by atoms with Crippen LogP contribution in [0.1, 0.15) is 23.2 Å². The number of rotatable bonds is 5. The molecule has 0 aromatic heterocycles. The van der Waals surface area contributed by atoms with Gasteiger partial charge < -0.3 is 19.1 Å². The average Bonchev–Trinajstić information content (AvgIpc) is 3.27. The van der Waals surface area contributed by atoms with Gasteiger partial charge in [0.2, 0.25) is 0 Å². The van der Waals surface area contributed by atoms with Crippen LogP contribution in [0, 0.1) is 0 Å². The van der Waals surface area contributed by atoms with Crippen LogP contribution in [-0.4, -0.2) is 52.6 Å². The van der Waals surface area contributed by atoms with Gasteiger partial charge in [0.25, 0.3) is 15.9 Å². The Kier molecular flexibility index (Phi) is 5.23. The van der Waals surface area contributed by atoms with Crippen LogP contribution in [0.25, 0.3) is 0 Å². The molecule has 0 unspecified atom stereocenters. The van der Waals surface area contributed by atoms with Gasteiger partial charge in [-0.15, -0.1) is 0 Å². The first-order chi connectivity index (χ1) is 14.0. The number of benzene rings is 2. The molecule has 0 saturated carbocycles. The summed E-state index contributed by atoms with van der Waals surface area (Å²) in [4.78, 5) is 14.5. The minimum Gasteiger partial charge on any atom is -0.496 e. The number of carbonyl (C=O) groups is 1. The van der Waals surface area contributed by atoms with Crippen LogP contribution in [0.4, 0.5) is 5.69 Å². The number of sulfonamides is 1. The van der Waals surface area contributed by atoms with Crippen molar-refractivity contribution >= 4 is 21.6 Å². The SMILES string of the molecule is COc1ccc(S(=O)(=O)Nc2ccc3c(c2)OCCO3)cc1C(=O)N1CCCC1. The average molecular weight is 418 g/mol. The third kappa shape index (κ3) is 3.95. The zero-order chi connectivity index (χ0) is 20.4. The maximum absolute atomic E-state index is 12.9. The first-order valence-corrected chi connectivity index (χ1v) is 10.9. The van der Waals surface area contributed by atoms with Crippen molar-refractivity contribution in [2.45, 2.75) is 17.7 Å². The number of hydrogen-bond acceptors (Lipinski definition) is 6. The topological polar surface area (TPSA) is 94.2 Å². The largest absolute Gasteiger partial charge is 0.496 e. The van der Waals surface area contributed by atoms with E-state index in [9.17, 15) is 13.2 Å². The number of ether oxygens (including phenoxy) is 3. The Bertz CT molecular complexity index is 1030. The number of likely N-dealkylation sites (tertiary alicyclic amines) is 1. The predicted molar refractivity (Wildman–Crippen MR) is 106 cm³/mol. The van der Waals surface area contributed by atoms with E-state index in [0.717, 1.165) is 12.8 Å². The second-order valence-corrected chi connectivity index (χ2v) is 8.51. The molecule has 2 heterocycles. The van der Waals surface area contributed by atoms with Crippen LogP contribution in [0.15, 0.2) is 41.3 Å². The molecule has 4 rings (SSSR count). The van der Waals surface area contributed by atoms with Crippen molar-refractivity contribution in [3.05, 3.63) is 42.0 Å². The summed E-state index contributed by atoms with van der Waals surface area (Å²) in [6.07, 6.45) is 1.88. The van der Waals surface area contributed by atoms with E-state index in [2.05, 4.69) is 4.72 Å². The van der Waals surface area contributed by atoms with Gasteiger partial charge in [-0.3, -0.25) is 9.52 Å². The normalized spacial score (nSPS) is 15.8. The Balaban J connectivity index is 1.62. The van der Waals surface area contributed by atoms with Gasteiger partial charge in [0.15, 0.2) is 11.5 Å². The molecule has 8 nitrogen and oxygen atoms in total. The molecule has 0 bridgehead atoms. The van der Waals surface area contributed by atoms with Crippen LogP contribution >= 0.6 is 0 Å². The van der Waals surface area contributed by atoms with E-state index >= 15 is 0 Å². The summed E-state index contributed by atoms with van der Waals surface area (Å²) in [5.41, 5.74) is 0.580. The van der Waals surface area contributed by atoms with Crippen molar-refractivity contribution in [2.75, 3.05) is 38.1 Å². The number of amides is 1. The van der Waals surface area contributed by atoms with Crippen molar-refractivity contribution in [1.29, 1.82) is 0 Å². The summed E-state index contributed by atoms with van der Waals surface area (Å²) in [5, 5.41) is 0. The maximum Gasteiger partial charge on any atom is 0.261 e. The molecular weight excluding hydrogens is 396 g/mol. The van der Waals surface area contributed by atoms with Gasteiger partial charge in [-0.1, -0.05) is 0 Å². The first kappa shape index (κ1) is 19.4. The highest BCUT2D eigenvalue weighted by atomic mass is 32.2. The molecule has 2 aromatic rings. The minimum atomic E-state index is -3.92. The highest BCUT2D eigenvalue weighted by Gasteiger charge is 2.25. The summed E-state index contributed by atoms with van der Waals surface area (Å²) < 4.78 is 44.6. The monoisotopic (exact) mass is 418 g/mol. The molecule has 1 N–H and O–H groups in total. The molecule has 154 valence electrons. The molecule has 0 radical (unpaired) electrons. The summed E-state index contributed by atoms with van der Waals surface area (Å²) in [7, 11) is -2.46. The summed E-state index contributed by atoms with van der Waals surface area (Å²) in [5.74, 6) is 1.18. The van der Waals surface area contributed by atoms with Gasteiger partial charge in [-0.05, 0) is 43.2 Å². The quantitative estimate of drug-likeness (QED) is 0.802. The number of hydrogen-bond donors (Lipinski definition) is 1. The number of nitrogens with one attached hydrogen (secondary N) is 1. The van der Waals surface area contributed by atoms with Crippen LogP contribution in [0.5, 0.6) is 17.2 Å². The molecule has 2 aliphatic rings. The molecule has 2 aliphatic heterocycles. The lowest BCUT2D eigenvalue weighted by Gasteiger charge is -2.20. The van der Waals surface area contributed by atoms with E-state index < -0.39 is 10.0 Å². The van der Waals surface area contributed by atoms with Crippen LogP contribution in [-0.2, 0) is 10.0 Å². The molecular formula is C20H22N2O6S. The minimum absolute atomic E-state index is 0.0178. The second-order valence-electron chi connectivity index (χ2n) is 6.83. The molecule has 1 amide bonds. The van der Waals surface area contributed by atoms with Crippen molar-refractivity contribution in [2.24, 2.45) is 0 Å². The molecule has 1 saturated heterocycles. The van der Waals surface area contributed by atoms with Crippen LogP contribution < -0.4 is 18.9 Å². The van der Waals surface area contributed by atoms with Gasteiger partial charge in [0.1, 0.15) is 19.0 Å². The van der Waals surface area contributed by atoms with Gasteiger partial charge in [-0.25, -0.2) is 8.42 Å². The standard InChI is InChI=1S/C20H22N2O6S/c1-26-17-7-5-15(13-16(17)20(23)22-8-2-3-9-22)29(24,25)21-14-4-6-18-19(12-14)28-11-10-27-18/h4-7,12-13,21H,2-3,8-11H2,1H3. The van der Waals surface area contributed by atoms with Gasteiger partial charge in [-0.2, -0.15) is 0 Å². The second kappa shape index (κ2) is 7.82. The van der Waals surface area contributed by atoms with Gasteiger partial charge in [0, 0.05) is 19.2 Å². The van der Waals surface area contributed by atoms with Crippen molar-refractivity contribution in [3.63, 3.8) is 0 Å². The highest BCUT2D eigenvalue weighted by molar-refractivity contribution is 7.92. The molecule has 1 fully saturated rings. The summed E-state index contributed by atoms with van der Waals surface area (Å²) in [6, 6.07) is 9.11. The molecule has 0 spiro atoms. The molecule has 9 heteroatoms. The van der Waals surface area contributed by atoms with E-state index in [1.54, 1.807) is 23.1 Å². The fraction of sp³-hybridized carbons (Fsp3) is 0.350. The third-order valence-corrected chi connectivity index (χ3v) is 6.28. The molecule has 0 aliphatic carbocycles. The third-order valence-electron chi connectivity index (χ3n) is 4.90. The fourth-order valence-corrected chi connectivity index (χ4v) is 4.51. The Morgan fingerprint density at radius 1 is 1.03 bits per heavy atom. The number of anilines is 1. The molecule has 29 heavy (non-hydrogen) atoms. The molecule has 2 aromatic carbocycles. The van der Waals surface area contributed by atoms with Crippen LogP contribution in [0.2, 0.25) is 0 Å². The van der Waals surface area contributed by atoms with E-state index in [4.69, 9.17) is 14.2 Å².